The Balaban J connectivity index is 2.29. The van der Waals surface area contributed by atoms with Gasteiger partial charge in [0.25, 0.3) is 5.91 Å². The quantitative estimate of drug-likeness (QED) is 0.758. The first kappa shape index (κ1) is 11.1. The van der Waals surface area contributed by atoms with Crippen LogP contribution >= 0.6 is 11.5 Å². The van der Waals surface area contributed by atoms with Crippen molar-refractivity contribution in [3.63, 3.8) is 0 Å². The molecule has 0 aliphatic rings. The Morgan fingerprint density at radius 1 is 1.50 bits per heavy atom. The number of rotatable bonds is 5. The summed E-state index contributed by atoms with van der Waals surface area (Å²) in [6, 6.07) is 0. The van der Waals surface area contributed by atoms with E-state index in [0.717, 1.165) is 37.3 Å². The lowest BCUT2D eigenvalue weighted by atomic mass is 10.2. The Morgan fingerprint density at radius 2 is 2.29 bits per heavy atom. The average Bonchev–Trinajstić information content (AvgIpc) is 2.59. The maximum atomic E-state index is 11.4. The van der Waals surface area contributed by atoms with E-state index in [9.17, 15) is 4.79 Å². The van der Waals surface area contributed by atoms with Crippen molar-refractivity contribution in [3.8, 4) is 0 Å². The number of amides is 1. The highest BCUT2D eigenvalue weighted by Crippen LogP contribution is 2.03. The third-order valence-corrected chi connectivity index (χ3v) is 2.59. The van der Waals surface area contributed by atoms with E-state index in [4.69, 9.17) is 0 Å². The van der Waals surface area contributed by atoms with Crippen LogP contribution in [0.25, 0.3) is 0 Å². The molecule has 4 nitrogen and oxygen atoms in total. The molecule has 0 saturated carbocycles. The number of aryl methyl sites for hydroxylation is 1. The Bertz CT molecular complexity index is 298. The Kier molecular flexibility index (Phi) is 4.52. The van der Waals surface area contributed by atoms with Gasteiger partial charge in [0.05, 0.1) is 0 Å². The average molecular weight is 213 g/mol. The molecule has 1 aromatic rings. The summed E-state index contributed by atoms with van der Waals surface area (Å²) in [6.45, 7) is 4.64. The maximum absolute atomic E-state index is 11.4. The van der Waals surface area contributed by atoms with Crippen molar-refractivity contribution in [1.29, 1.82) is 0 Å². The third kappa shape index (κ3) is 3.41. The van der Waals surface area contributed by atoms with Crippen molar-refractivity contribution in [2.75, 3.05) is 6.54 Å². The monoisotopic (exact) mass is 213 g/mol. The number of unbranched alkanes of at least 4 members (excludes halogenated alkanes) is 2. The number of carbonyl (C=O) groups excluding carboxylic acids is 1. The molecule has 0 aliphatic carbocycles. The van der Waals surface area contributed by atoms with E-state index in [1.165, 1.54) is 0 Å². The van der Waals surface area contributed by atoms with Gasteiger partial charge < -0.3 is 5.32 Å². The molecule has 0 unspecified atom stereocenters. The summed E-state index contributed by atoms with van der Waals surface area (Å²) in [5.41, 5.74) is 0. The third-order valence-electron chi connectivity index (χ3n) is 1.79. The summed E-state index contributed by atoms with van der Waals surface area (Å²) in [4.78, 5) is 15.4. The van der Waals surface area contributed by atoms with Gasteiger partial charge in [0.15, 0.2) is 0 Å². The molecule has 1 aromatic heterocycles. The first-order valence-corrected chi connectivity index (χ1v) is 5.60. The Morgan fingerprint density at radius 3 is 2.86 bits per heavy atom. The van der Waals surface area contributed by atoms with Gasteiger partial charge in [-0.15, -0.1) is 0 Å². The van der Waals surface area contributed by atoms with Crippen molar-refractivity contribution in [3.05, 3.63) is 10.8 Å². The van der Waals surface area contributed by atoms with Crippen LogP contribution in [0.3, 0.4) is 0 Å². The lowest BCUT2D eigenvalue weighted by Crippen LogP contribution is -2.24. The van der Waals surface area contributed by atoms with E-state index in [-0.39, 0.29) is 5.91 Å². The maximum Gasteiger partial charge on any atom is 0.281 e. The van der Waals surface area contributed by atoms with Crippen molar-refractivity contribution < 1.29 is 4.79 Å². The summed E-state index contributed by atoms with van der Waals surface area (Å²) < 4.78 is 3.95. The van der Waals surface area contributed by atoms with Crippen molar-refractivity contribution in [1.82, 2.24) is 14.7 Å². The minimum atomic E-state index is -0.105. The molecule has 1 heterocycles. The fourth-order valence-corrected chi connectivity index (χ4v) is 1.63. The zero-order valence-corrected chi connectivity index (χ0v) is 9.36. The molecule has 0 bridgehead atoms. The molecule has 5 heteroatoms. The molecule has 0 spiro atoms. The number of nitrogens with zero attached hydrogens (tertiary/aromatic N) is 2. The van der Waals surface area contributed by atoms with Crippen LogP contribution in [-0.2, 0) is 0 Å². The Hall–Kier alpha value is -0.970. The minimum Gasteiger partial charge on any atom is -0.350 e. The number of hydrogen-bond donors (Lipinski definition) is 1. The number of nitrogens with one attached hydrogen (secondary N) is 1. The molecule has 1 N–H and O–H groups in total. The van der Waals surface area contributed by atoms with Gasteiger partial charge in [0.1, 0.15) is 5.82 Å². The van der Waals surface area contributed by atoms with Crippen LogP contribution in [0.1, 0.15) is 41.8 Å². The van der Waals surface area contributed by atoms with Gasteiger partial charge >= 0.3 is 0 Å². The first-order chi connectivity index (χ1) is 6.74. The van der Waals surface area contributed by atoms with Gasteiger partial charge in [0.2, 0.25) is 5.01 Å². The van der Waals surface area contributed by atoms with Gasteiger partial charge in [-0.05, 0) is 24.9 Å². The summed E-state index contributed by atoms with van der Waals surface area (Å²) in [7, 11) is 0. The summed E-state index contributed by atoms with van der Waals surface area (Å²) in [5.74, 6) is 0.556. The van der Waals surface area contributed by atoms with Gasteiger partial charge in [-0.25, -0.2) is 4.98 Å². The van der Waals surface area contributed by atoms with E-state index >= 15 is 0 Å². The molecular formula is C9H15N3OS. The highest BCUT2D eigenvalue weighted by Gasteiger charge is 2.09. The second kappa shape index (κ2) is 5.70. The standard InChI is InChI=1S/C9H15N3OS/c1-3-4-5-6-10-8(13)9-11-7(2)12-14-9/h3-6H2,1-2H3,(H,10,13). The lowest BCUT2D eigenvalue weighted by molar-refractivity contribution is 0.0952. The SMILES string of the molecule is CCCCCNC(=O)c1nc(C)ns1. The minimum absolute atomic E-state index is 0.105. The van der Waals surface area contributed by atoms with Gasteiger partial charge in [-0.1, -0.05) is 19.8 Å². The van der Waals surface area contributed by atoms with E-state index in [1.807, 2.05) is 0 Å². The van der Waals surface area contributed by atoms with E-state index in [0.29, 0.717) is 10.8 Å². The number of carbonyl (C=O) groups is 1. The topological polar surface area (TPSA) is 54.9 Å². The summed E-state index contributed by atoms with van der Waals surface area (Å²) >= 11 is 1.15. The van der Waals surface area contributed by atoms with Gasteiger partial charge in [-0.2, -0.15) is 4.37 Å². The van der Waals surface area contributed by atoms with Crippen LogP contribution in [0.4, 0.5) is 0 Å². The normalized spacial score (nSPS) is 10.1. The fraction of sp³-hybridized carbons (Fsp3) is 0.667. The molecule has 0 aromatic carbocycles. The zero-order valence-electron chi connectivity index (χ0n) is 8.54. The number of hydrogen-bond acceptors (Lipinski definition) is 4. The molecule has 78 valence electrons. The molecule has 0 saturated heterocycles. The predicted octanol–water partition coefficient (Wildman–Crippen LogP) is 1.77. The summed E-state index contributed by atoms with van der Waals surface area (Å²) in [6.07, 6.45) is 3.34. The highest BCUT2D eigenvalue weighted by molar-refractivity contribution is 7.07. The van der Waals surface area contributed by atoms with Gasteiger partial charge in [0, 0.05) is 6.54 Å². The highest BCUT2D eigenvalue weighted by atomic mass is 32.1. The molecule has 1 rings (SSSR count). The molecule has 0 aliphatic heterocycles. The number of aromatic nitrogens is 2. The van der Waals surface area contributed by atoms with Gasteiger partial charge in [-0.3, -0.25) is 4.79 Å². The van der Waals surface area contributed by atoms with Crippen LogP contribution < -0.4 is 5.32 Å². The zero-order chi connectivity index (χ0) is 10.4. The molecule has 0 fully saturated rings. The fourth-order valence-electron chi connectivity index (χ4n) is 1.04. The van der Waals surface area contributed by atoms with Crippen LogP contribution in [0.5, 0.6) is 0 Å². The Labute approximate surface area is 87.9 Å². The smallest absolute Gasteiger partial charge is 0.281 e. The second-order valence-electron chi connectivity index (χ2n) is 3.11. The largest absolute Gasteiger partial charge is 0.350 e. The molecular weight excluding hydrogens is 198 g/mol. The van der Waals surface area contributed by atoms with Crippen LogP contribution in [0.2, 0.25) is 0 Å². The lowest BCUT2D eigenvalue weighted by Gasteiger charge is -2.00. The summed E-state index contributed by atoms with van der Waals surface area (Å²) in [5, 5.41) is 3.27. The van der Waals surface area contributed by atoms with Crippen molar-refractivity contribution in [2.45, 2.75) is 33.1 Å². The van der Waals surface area contributed by atoms with Crippen LogP contribution in [0, 0.1) is 6.92 Å². The van der Waals surface area contributed by atoms with Crippen LogP contribution in [-0.4, -0.2) is 21.8 Å². The molecule has 1 amide bonds. The van der Waals surface area contributed by atoms with E-state index < -0.39 is 0 Å². The molecule has 14 heavy (non-hydrogen) atoms. The van der Waals surface area contributed by atoms with E-state index in [2.05, 4.69) is 21.6 Å². The molecule has 0 atom stereocenters. The van der Waals surface area contributed by atoms with Crippen molar-refractivity contribution >= 4 is 17.4 Å². The van der Waals surface area contributed by atoms with E-state index in [1.54, 1.807) is 6.92 Å². The van der Waals surface area contributed by atoms with Crippen molar-refractivity contribution in [2.24, 2.45) is 0 Å². The van der Waals surface area contributed by atoms with Crippen LogP contribution in [0.15, 0.2) is 0 Å². The predicted molar refractivity (Wildman–Crippen MR) is 56.5 cm³/mol. The molecule has 0 radical (unpaired) electrons. The first-order valence-electron chi connectivity index (χ1n) is 4.82. The second-order valence-corrected chi connectivity index (χ2v) is 3.86.